The fourth-order valence-corrected chi connectivity index (χ4v) is 8.78. The number of aliphatic carboxylic acids is 1. The van der Waals surface area contributed by atoms with Gasteiger partial charge in [-0.05, 0) is 68.6 Å². The molecule has 1 fully saturated rings. The molecule has 0 aliphatic carbocycles. The average Bonchev–Trinajstić information content (AvgIpc) is 3.38. The fourth-order valence-electron chi connectivity index (χ4n) is 8.78. The number of rotatable bonds is 28. The van der Waals surface area contributed by atoms with Gasteiger partial charge in [0.05, 0.1) is 25.7 Å². The molecule has 0 bridgehead atoms. The molecular formula is C55H97N9O16. The van der Waals surface area contributed by atoms with Crippen molar-refractivity contribution in [3.63, 3.8) is 0 Å². The molecule has 9 amide bonds. The number of esters is 1. The van der Waals surface area contributed by atoms with Gasteiger partial charge in [-0.1, -0.05) is 121 Å². The summed E-state index contributed by atoms with van der Waals surface area (Å²) in [6.07, 6.45) is 1.31. The summed E-state index contributed by atoms with van der Waals surface area (Å²) in [5.41, 5.74) is 0. The number of carbonyl (C=O) groups is 11. The summed E-state index contributed by atoms with van der Waals surface area (Å²) in [4.78, 5) is 153. The number of unbranched alkanes of at least 4 members (excludes halogenated alkanes) is 4. The van der Waals surface area contributed by atoms with Crippen LogP contribution in [0.4, 0.5) is 0 Å². The van der Waals surface area contributed by atoms with E-state index < -0.39 is 170 Å². The molecule has 4 unspecified atom stereocenters. The Labute approximate surface area is 471 Å². The van der Waals surface area contributed by atoms with Crippen molar-refractivity contribution in [2.75, 3.05) is 13.2 Å². The van der Waals surface area contributed by atoms with Crippen molar-refractivity contribution < 1.29 is 77.9 Å². The van der Waals surface area contributed by atoms with E-state index in [-0.39, 0.29) is 56.3 Å². The molecule has 0 saturated carbocycles. The number of aliphatic hydroxyl groups is 3. The molecule has 13 atom stereocenters. The van der Waals surface area contributed by atoms with Gasteiger partial charge in [0, 0.05) is 6.42 Å². The van der Waals surface area contributed by atoms with Gasteiger partial charge >= 0.3 is 11.9 Å². The van der Waals surface area contributed by atoms with Crippen LogP contribution in [-0.2, 0) is 57.5 Å². The first kappa shape index (κ1) is 72.1. The highest BCUT2D eigenvalue weighted by atomic mass is 16.5. The molecule has 0 aromatic heterocycles. The molecule has 0 aromatic carbocycles. The van der Waals surface area contributed by atoms with Crippen molar-refractivity contribution in [1.82, 2.24) is 47.9 Å². The Bertz CT molecular complexity index is 2040. The summed E-state index contributed by atoms with van der Waals surface area (Å²) in [6, 6.07) is -14.1. The number of amides is 9. The summed E-state index contributed by atoms with van der Waals surface area (Å²) in [6.45, 7) is 18.5. The minimum absolute atomic E-state index is 0.00960. The van der Waals surface area contributed by atoms with Crippen LogP contribution in [0.5, 0.6) is 0 Å². The topological polar surface area (TPSA) is 386 Å². The maximum absolute atomic E-state index is 14.8. The second-order valence-corrected chi connectivity index (χ2v) is 22.5. The van der Waals surface area contributed by atoms with Crippen LogP contribution in [0.25, 0.3) is 0 Å². The Morgan fingerprint density at radius 1 is 0.562 bits per heavy atom. The van der Waals surface area contributed by atoms with Gasteiger partial charge in [0.2, 0.25) is 53.2 Å². The number of nitrogens with one attached hydrogen (secondary N) is 9. The minimum atomic E-state index is -1.95. The molecule has 1 saturated heterocycles. The fraction of sp³-hybridized carbons (Fsp3) is 0.800. The SMILES string of the molecule is CCCCCCC[C@H](O)CC(=O)N[C@@H](CC(C)C)C(=O)N[C@H](CCC(=O)O)C(=O)NC1C(=O)N[C@H](C(C)CC)C(=O)N[C@@H](CC(C)C)C(=O)N[C@H](CO)C(=O)N[C@@H](CC(C)C)C(=O)N[C@H](CO)C(=O)N[C@@H](C(C)CC)C(=O)OC1C. The van der Waals surface area contributed by atoms with Gasteiger partial charge in [0.15, 0.2) is 0 Å². The molecule has 1 aliphatic heterocycles. The Morgan fingerprint density at radius 2 is 1.04 bits per heavy atom. The molecular weight excluding hydrogens is 1040 g/mol. The molecule has 25 nitrogen and oxygen atoms in total. The van der Waals surface area contributed by atoms with Crippen LogP contribution >= 0.6 is 0 Å². The first-order chi connectivity index (χ1) is 37.5. The van der Waals surface area contributed by atoms with E-state index >= 15 is 0 Å². The van der Waals surface area contributed by atoms with Gasteiger partial charge in [0.25, 0.3) is 0 Å². The molecule has 458 valence electrons. The molecule has 25 heteroatoms. The zero-order valence-electron chi connectivity index (χ0n) is 49.2. The highest BCUT2D eigenvalue weighted by Gasteiger charge is 2.41. The number of aliphatic hydroxyl groups excluding tert-OH is 3. The minimum Gasteiger partial charge on any atom is -0.481 e. The Kier molecular flexibility index (Phi) is 33.5. The van der Waals surface area contributed by atoms with Crippen LogP contribution in [0.15, 0.2) is 0 Å². The summed E-state index contributed by atoms with van der Waals surface area (Å²) in [5.74, 6) is -13.3. The van der Waals surface area contributed by atoms with Crippen molar-refractivity contribution in [1.29, 1.82) is 0 Å². The van der Waals surface area contributed by atoms with Gasteiger partial charge in [-0.2, -0.15) is 0 Å². The highest BCUT2D eigenvalue weighted by molar-refractivity contribution is 5.99. The number of cyclic esters (lactones) is 1. The van der Waals surface area contributed by atoms with Gasteiger partial charge in [-0.3, -0.25) is 47.9 Å². The molecule has 0 spiro atoms. The van der Waals surface area contributed by atoms with Gasteiger partial charge in [0.1, 0.15) is 60.5 Å². The third-order valence-electron chi connectivity index (χ3n) is 13.9. The van der Waals surface area contributed by atoms with Crippen LogP contribution in [0.2, 0.25) is 0 Å². The molecule has 1 rings (SSSR count). The van der Waals surface area contributed by atoms with Crippen molar-refractivity contribution >= 4 is 65.1 Å². The maximum atomic E-state index is 14.8. The van der Waals surface area contributed by atoms with Crippen LogP contribution in [0.1, 0.15) is 173 Å². The van der Waals surface area contributed by atoms with Gasteiger partial charge < -0.3 is 73.0 Å². The number of carboxylic acids is 1. The lowest BCUT2D eigenvalue weighted by atomic mass is 9.96. The van der Waals surface area contributed by atoms with E-state index in [4.69, 9.17) is 4.74 Å². The van der Waals surface area contributed by atoms with E-state index in [1.165, 1.54) is 6.92 Å². The first-order valence-electron chi connectivity index (χ1n) is 28.6. The van der Waals surface area contributed by atoms with Gasteiger partial charge in [-0.25, -0.2) is 4.79 Å². The lowest BCUT2D eigenvalue weighted by Gasteiger charge is -2.32. The number of carbonyl (C=O) groups excluding carboxylic acids is 10. The van der Waals surface area contributed by atoms with E-state index in [2.05, 4.69) is 54.8 Å². The highest BCUT2D eigenvalue weighted by Crippen LogP contribution is 2.17. The molecule has 1 heterocycles. The van der Waals surface area contributed by atoms with E-state index in [9.17, 15) is 73.2 Å². The summed E-state index contributed by atoms with van der Waals surface area (Å²) >= 11 is 0. The van der Waals surface area contributed by atoms with E-state index in [0.29, 0.717) is 12.8 Å². The van der Waals surface area contributed by atoms with Crippen molar-refractivity contribution in [3.8, 4) is 0 Å². The second kappa shape index (κ2) is 37.1. The summed E-state index contributed by atoms with van der Waals surface area (Å²) < 4.78 is 5.85. The summed E-state index contributed by atoms with van der Waals surface area (Å²) in [5, 5.41) is 63.7. The zero-order chi connectivity index (χ0) is 61.0. The maximum Gasteiger partial charge on any atom is 0.329 e. The largest absolute Gasteiger partial charge is 0.481 e. The van der Waals surface area contributed by atoms with E-state index in [1.54, 1.807) is 69.2 Å². The monoisotopic (exact) mass is 1140 g/mol. The van der Waals surface area contributed by atoms with Crippen LogP contribution in [-0.4, -0.2) is 165 Å². The first-order valence-corrected chi connectivity index (χ1v) is 28.6. The lowest BCUT2D eigenvalue weighted by Crippen LogP contribution is -2.64. The molecule has 0 radical (unpaired) electrons. The van der Waals surface area contributed by atoms with E-state index in [0.717, 1.165) is 25.7 Å². The number of carboxylic acid groups (broad SMARTS) is 1. The number of ether oxygens (including phenoxy) is 1. The second-order valence-electron chi connectivity index (χ2n) is 22.5. The standard InChI is InChI=1S/C55H97N9O16/c1-13-16-17-18-19-20-35(67)26-42(68)56-37(23-29(4)5)48(72)57-36(21-22-43(69)70)47(71)64-46-34(12)80-55(79)45(33(11)15-3)63-52(76)41(28-66)61-49(73)38(24-30(6)7)58-51(75)40(27-65)60-50(74)39(25-31(8)9)59-53(77)44(32(10)14-2)62-54(46)78/h29-41,44-46,65-67H,13-28H2,1-12H3,(H,56,68)(H,57,72)(H,58,75)(H,59,77)(H,60,74)(H,61,73)(H,62,78)(H,63,76)(H,64,71)(H,69,70)/t32?,33?,34?,35-,36+,37-,38-,39-,40+,41+,44+,45-,46?/m0/s1. The Balaban J connectivity index is 4.04. The van der Waals surface area contributed by atoms with Crippen molar-refractivity contribution in [3.05, 3.63) is 0 Å². The molecule has 80 heavy (non-hydrogen) atoms. The summed E-state index contributed by atoms with van der Waals surface area (Å²) in [7, 11) is 0. The van der Waals surface area contributed by atoms with Gasteiger partial charge in [-0.15, -0.1) is 0 Å². The third kappa shape index (κ3) is 26.1. The van der Waals surface area contributed by atoms with Crippen molar-refractivity contribution in [2.45, 2.75) is 240 Å². The predicted octanol–water partition coefficient (Wildman–Crippen LogP) is 0.486. The zero-order valence-corrected chi connectivity index (χ0v) is 49.2. The Hall–Kier alpha value is -5.95. The van der Waals surface area contributed by atoms with E-state index in [1.807, 2.05) is 0 Å². The molecule has 1 aliphatic rings. The predicted molar refractivity (Wildman–Crippen MR) is 295 cm³/mol. The quantitative estimate of drug-likeness (QED) is 0.0374. The lowest BCUT2D eigenvalue weighted by molar-refractivity contribution is -0.158. The Morgan fingerprint density at radius 3 is 1.52 bits per heavy atom. The smallest absolute Gasteiger partial charge is 0.329 e. The normalized spacial score (nSPS) is 24.2. The third-order valence-corrected chi connectivity index (χ3v) is 13.9. The average molecular weight is 1140 g/mol. The molecule has 0 aromatic rings. The molecule has 13 N–H and O–H groups in total. The van der Waals surface area contributed by atoms with Crippen LogP contribution in [0, 0.1) is 29.6 Å². The van der Waals surface area contributed by atoms with Crippen LogP contribution < -0.4 is 47.9 Å². The van der Waals surface area contributed by atoms with Crippen LogP contribution in [0.3, 0.4) is 0 Å². The number of hydrogen-bond acceptors (Lipinski definition) is 15. The van der Waals surface area contributed by atoms with Crippen molar-refractivity contribution in [2.24, 2.45) is 29.6 Å². The number of hydrogen-bond donors (Lipinski definition) is 13.